The number of nitrogens with zero attached hydrogens (tertiary/aromatic N) is 1. The summed E-state index contributed by atoms with van der Waals surface area (Å²) in [5.74, 6) is -0.542. The Bertz CT molecular complexity index is 778. The van der Waals surface area contributed by atoms with E-state index in [1.165, 1.54) is 19.1 Å². The molecule has 138 valence electrons. The monoisotopic (exact) mass is 376 g/mol. The number of hydrogen-bond donors (Lipinski definition) is 1. The van der Waals surface area contributed by atoms with Crippen molar-refractivity contribution in [2.45, 2.75) is 26.7 Å². The Morgan fingerprint density at radius 3 is 2.46 bits per heavy atom. The molecule has 2 aromatic carbocycles. The maximum Gasteiger partial charge on any atom is 0.223 e. The molecule has 4 nitrogen and oxygen atoms in total. The Labute approximate surface area is 158 Å². The number of aryl methyl sites for hydroxylation is 1. The number of carbonyl (C=O) groups is 2. The highest BCUT2D eigenvalue weighted by Crippen LogP contribution is 2.24. The summed E-state index contributed by atoms with van der Waals surface area (Å²) in [6, 6.07) is 11.5. The van der Waals surface area contributed by atoms with Crippen molar-refractivity contribution in [3.63, 3.8) is 0 Å². The van der Waals surface area contributed by atoms with Crippen molar-refractivity contribution in [3.05, 3.63) is 64.4 Å². The second-order valence-corrected chi connectivity index (χ2v) is 6.51. The van der Waals surface area contributed by atoms with Crippen molar-refractivity contribution in [2.75, 3.05) is 18.0 Å². The van der Waals surface area contributed by atoms with E-state index in [0.29, 0.717) is 24.5 Å². The van der Waals surface area contributed by atoms with E-state index in [0.717, 1.165) is 16.8 Å². The van der Waals surface area contributed by atoms with Crippen molar-refractivity contribution in [3.8, 4) is 0 Å². The lowest BCUT2D eigenvalue weighted by Crippen LogP contribution is -2.34. The summed E-state index contributed by atoms with van der Waals surface area (Å²) in [6.45, 7) is 4.10. The quantitative estimate of drug-likeness (QED) is 0.797. The Hall–Kier alpha value is -2.40. The largest absolute Gasteiger partial charge is 0.356 e. The molecule has 0 radical (unpaired) electrons. The third-order valence-electron chi connectivity index (χ3n) is 4.04. The topological polar surface area (TPSA) is 49.4 Å². The summed E-state index contributed by atoms with van der Waals surface area (Å²) in [5, 5.41) is 3.43. The summed E-state index contributed by atoms with van der Waals surface area (Å²) >= 11 is 5.96. The van der Waals surface area contributed by atoms with Gasteiger partial charge in [0.05, 0.1) is 0 Å². The van der Waals surface area contributed by atoms with Crippen molar-refractivity contribution in [1.82, 2.24) is 5.32 Å². The Kier molecular flexibility index (Phi) is 7.16. The molecule has 2 aromatic rings. The van der Waals surface area contributed by atoms with Gasteiger partial charge >= 0.3 is 0 Å². The van der Waals surface area contributed by atoms with Gasteiger partial charge in [-0.3, -0.25) is 9.59 Å². The predicted molar refractivity (Wildman–Crippen MR) is 102 cm³/mol. The Morgan fingerprint density at radius 1 is 1.15 bits per heavy atom. The van der Waals surface area contributed by atoms with E-state index in [1.807, 2.05) is 6.92 Å². The van der Waals surface area contributed by atoms with E-state index in [-0.39, 0.29) is 24.1 Å². The van der Waals surface area contributed by atoms with Gasteiger partial charge in [0, 0.05) is 37.1 Å². The third kappa shape index (κ3) is 5.85. The SMILES string of the molecule is CC(=O)N(CCC(=O)NCCc1ccc(F)cc1)c1ccc(Cl)cc1C. The molecule has 1 N–H and O–H groups in total. The van der Waals surface area contributed by atoms with Crippen LogP contribution in [0.4, 0.5) is 10.1 Å². The maximum atomic E-state index is 12.9. The predicted octanol–water partition coefficient (Wildman–Crippen LogP) is 3.89. The van der Waals surface area contributed by atoms with Gasteiger partial charge in [0.15, 0.2) is 0 Å². The van der Waals surface area contributed by atoms with Crippen LogP contribution >= 0.6 is 11.6 Å². The number of hydrogen-bond acceptors (Lipinski definition) is 2. The van der Waals surface area contributed by atoms with Crippen LogP contribution in [0.25, 0.3) is 0 Å². The number of rotatable bonds is 7. The number of nitrogens with one attached hydrogen (secondary N) is 1. The molecule has 0 atom stereocenters. The number of amides is 2. The highest BCUT2D eigenvalue weighted by atomic mass is 35.5. The summed E-state index contributed by atoms with van der Waals surface area (Å²) in [6.07, 6.45) is 0.823. The number of carbonyl (C=O) groups excluding carboxylic acids is 2. The number of anilines is 1. The normalized spacial score (nSPS) is 10.5. The zero-order valence-electron chi connectivity index (χ0n) is 14.9. The fourth-order valence-electron chi connectivity index (χ4n) is 2.67. The third-order valence-corrected chi connectivity index (χ3v) is 4.28. The first kappa shape index (κ1) is 19.9. The zero-order valence-corrected chi connectivity index (χ0v) is 15.6. The first-order chi connectivity index (χ1) is 12.4. The lowest BCUT2D eigenvalue weighted by molar-refractivity contribution is -0.121. The van der Waals surface area contributed by atoms with Crippen LogP contribution in [0.15, 0.2) is 42.5 Å². The second kappa shape index (κ2) is 9.34. The highest BCUT2D eigenvalue weighted by molar-refractivity contribution is 6.30. The van der Waals surface area contributed by atoms with E-state index in [4.69, 9.17) is 11.6 Å². The molecule has 26 heavy (non-hydrogen) atoms. The fourth-order valence-corrected chi connectivity index (χ4v) is 2.89. The van der Waals surface area contributed by atoms with Crippen LogP contribution in [0.5, 0.6) is 0 Å². The van der Waals surface area contributed by atoms with Crippen LogP contribution in [0.3, 0.4) is 0 Å². The standard InChI is InChI=1S/C20H22ClFN2O2/c1-14-13-17(21)5-8-19(14)24(15(2)25)12-10-20(26)23-11-9-16-3-6-18(22)7-4-16/h3-8,13H,9-12H2,1-2H3,(H,23,26). The van der Waals surface area contributed by atoms with Gasteiger partial charge in [-0.15, -0.1) is 0 Å². The van der Waals surface area contributed by atoms with Gasteiger partial charge in [0.2, 0.25) is 11.8 Å². The summed E-state index contributed by atoms with van der Waals surface area (Å²) in [4.78, 5) is 25.6. The molecule has 0 aliphatic heterocycles. The molecule has 0 aliphatic carbocycles. The molecule has 0 spiro atoms. The molecule has 0 heterocycles. The molecule has 2 rings (SSSR count). The lowest BCUT2D eigenvalue weighted by atomic mass is 10.1. The van der Waals surface area contributed by atoms with E-state index < -0.39 is 0 Å². The van der Waals surface area contributed by atoms with Crippen LogP contribution in [-0.2, 0) is 16.0 Å². The molecule has 0 aliphatic rings. The first-order valence-electron chi connectivity index (χ1n) is 8.42. The van der Waals surface area contributed by atoms with E-state index in [9.17, 15) is 14.0 Å². The second-order valence-electron chi connectivity index (χ2n) is 6.08. The molecule has 6 heteroatoms. The van der Waals surface area contributed by atoms with Gasteiger partial charge in [0.1, 0.15) is 5.82 Å². The molecule has 0 saturated carbocycles. The highest BCUT2D eigenvalue weighted by Gasteiger charge is 2.15. The smallest absolute Gasteiger partial charge is 0.223 e. The van der Waals surface area contributed by atoms with Crippen LogP contribution in [-0.4, -0.2) is 24.9 Å². The van der Waals surface area contributed by atoms with Crippen molar-refractivity contribution >= 4 is 29.1 Å². The summed E-state index contributed by atoms with van der Waals surface area (Å²) in [7, 11) is 0. The maximum absolute atomic E-state index is 12.9. The van der Waals surface area contributed by atoms with E-state index >= 15 is 0 Å². The molecule has 0 saturated heterocycles. The first-order valence-corrected chi connectivity index (χ1v) is 8.80. The average molecular weight is 377 g/mol. The van der Waals surface area contributed by atoms with Gasteiger partial charge < -0.3 is 10.2 Å². The van der Waals surface area contributed by atoms with Gasteiger partial charge in [-0.05, 0) is 54.8 Å². The zero-order chi connectivity index (χ0) is 19.1. The van der Waals surface area contributed by atoms with E-state index in [2.05, 4.69) is 5.32 Å². The fraction of sp³-hybridized carbons (Fsp3) is 0.300. The molecule has 2 amide bonds. The Balaban J connectivity index is 1.85. The molecule has 0 fully saturated rings. The Morgan fingerprint density at radius 2 is 1.85 bits per heavy atom. The lowest BCUT2D eigenvalue weighted by Gasteiger charge is -2.23. The molecule has 0 unspecified atom stereocenters. The minimum Gasteiger partial charge on any atom is -0.356 e. The minimum absolute atomic E-state index is 0.130. The van der Waals surface area contributed by atoms with Gasteiger partial charge in [-0.2, -0.15) is 0 Å². The average Bonchev–Trinajstić information content (AvgIpc) is 2.58. The van der Waals surface area contributed by atoms with Crippen LogP contribution in [0, 0.1) is 12.7 Å². The summed E-state index contributed by atoms with van der Waals surface area (Å²) < 4.78 is 12.9. The summed E-state index contributed by atoms with van der Waals surface area (Å²) in [5.41, 5.74) is 2.58. The van der Waals surface area contributed by atoms with Crippen LogP contribution in [0.1, 0.15) is 24.5 Å². The van der Waals surface area contributed by atoms with Crippen molar-refractivity contribution in [1.29, 1.82) is 0 Å². The van der Waals surface area contributed by atoms with Crippen molar-refractivity contribution < 1.29 is 14.0 Å². The number of benzene rings is 2. The van der Waals surface area contributed by atoms with Gasteiger partial charge in [-0.1, -0.05) is 23.7 Å². The molecular formula is C20H22ClFN2O2. The van der Waals surface area contributed by atoms with Gasteiger partial charge in [-0.25, -0.2) is 4.39 Å². The molecule has 0 bridgehead atoms. The molecule has 0 aromatic heterocycles. The van der Waals surface area contributed by atoms with Crippen LogP contribution < -0.4 is 10.2 Å². The van der Waals surface area contributed by atoms with E-state index in [1.54, 1.807) is 35.2 Å². The molecular weight excluding hydrogens is 355 g/mol. The number of halogens is 2. The minimum atomic E-state index is -0.278. The van der Waals surface area contributed by atoms with Crippen molar-refractivity contribution in [2.24, 2.45) is 0 Å². The van der Waals surface area contributed by atoms with Gasteiger partial charge in [0.25, 0.3) is 0 Å². The van der Waals surface area contributed by atoms with Crippen LogP contribution in [0.2, 0.25) is 5.02 Å².